The number of nitrogens with one attached hydrogen (secondary N) is 1. The van der Waals surface area contributed by atoms with E-state index in [4.69, 9.17) is 14.2 Å². The summed E-state index contributed by atoms with van der Waals surface area (Å²) in [6, 6.07) is 10.9. The third kappa shape index (κ3) is 4.94. The van der Waals surface area contributed by atoms with Crippen LogP contribution in [0.1, 0.15) is 23.1 Å². The number of pyridine rings is 1. The van der Waals surface area contributed by atoms with Crippen molar-refractivity contribution in [1.29, 1.82) is 0 Å². The molecule has 2 aromatic rings. The van der Waals surface area contributed by atoms with Gasteiger partial charge >= 0.3 is 0 Å². The molecule has 0 saturated carbocycles. The minimum atomic E-state index is 0.484. The lowest BCUT2D eigenvalue weighted by atomic mass is 9.88. The van der Waals surface area contributed by atoms with Gasteiger partial charge in [-0.3, -0.25) is 0 Å². The Balaban J connectivity index is 1.50. The molecule has 0 unspecified atom stereocenters. The van der Waals surface area contributed by atoms with Gasteiger partial charge in [-0.1, -0.05) is 12.1 Å². The number of fused-ring (bicyclic) bond motifs is 1. The van der Waals surface area contributed by atoms with Gasteiger partial charge in [0, 0.05) is 32.0 Å². The summed E-state index contributed by atoms with van der Waals surface area (Å²) in [4.78, 5) is 4.34. The van der Waals surface area contributed by atoms with Crippen molar-refractivity contribution in [2.24, 2.45) is 0 Å². The maximum absolute atomic E-state index is 5.49. The Kier molecular flexibility index (Phi) is 6.25. The highest BCUT2D eigenvalue weighted by atomic mass is 16.5. The molecule has 0 amide bonds. The topological polar surface area (TPSA) is 52.6 Å². The molecule has 1 heterocycles. The zero-order valence-corrected chi connectivity index (χ0v) is 15.0. The van der Waals surface area contributed by atoms with E-state index in [0.29, 0.717) is 25.1 Å². The van der Waals surface area contributed by atoms with Crippen LogP contribution in [0.3, 0.4) is 0 Å². The van der Waals surface area contributed by atoms with Crippen molar-refractivity contribution in [3.05, 3.63) is 53.2 Å². The predicted molar refractivity (Wildman–Crippen MR) is 97.3 cm³/mol. The third-order valence-corrected chi connectivity index (χ3v) is 4.57. The first-order valence-electron chi connectivity index (χ1n) is 8.74. The Bertz CT molecular complexity index is 673. The van der Waals surface area contributed by atoms with Crippen molar-refractivity contribution < 1.29 is 14.2 Å². The number of hydrogen-bond donors (Lipinski definition) is 1. The van der Waals surface area contributed by atoms with Crippen LogP contribution in [0.4, 0.5) is 0 Å². The monoisotopic (exact) mass is 342 g/mol. The van der Waals surface area contributed by atoms with Gasteiger partial charge in [0.25, 0.3) is 0 Å². The van der Waals surface area contributed by atoms with Crippen molar-refractivity contribution in [1.82, 2.24) is 10.3 Å². The maximum atomic E-state index is 5.49. The van der Waals surface area contributed by atoms with Crippen molar-refractivity contribution in [2.75, 3.05) is 27.4 Å². The van der Waals surface area contributed by atoms with Crippen LogP contribution in [0, 0.1) is 0 Å². The number of aryl methyl sites for hydroxylation is 1. The molecule has 3 rings (SSSR count). The van der Waals surface area contributed by atoms with Gasteiger partial charge in [-0.25, -0.2) is 4.98 Å². The SMILES string of the molecule is COCCOc1ccc(CN[C@@H]2CCc3ccc(OC)cc3C2)cn1. The summed E-state index contributed by atoms with van der Waals surface area (Å²) in [5.41, 5.74) is 4.00. The van der Waals surface area contributed by atoms with E-state index in [1.165, 1.54) is 11.1 Å². The van der Waals surface area contributed by atoms with Crippen molar-refractivity contribution >= 4 is 0 Å². The van der Waals surface area contributed by atoms with Crippen LogP contribution in [-0.4, -0.2) is 38.5 Å². The minimum Gasteiger partial charge on any atom is -0.497 e. The summed E-state index contributed by atoms with van der Waals surface area (Å²) in [6.07, 6.45) is 5.18. The average Bonchev–Trinajstić information content (AvgIpc) is 2.67. The van der Waals surface area contributed by atoms with Crippen LogP contribution in [0.5, 0.6) is 11.6 Å². The lowest BCUT2D eigenvalue weighted by Gasteiger charge is -2.26. The van der Waals surface area contributed by atoms with Crippen molar-refractivity contribution in [3.63, 3.8) is 0 Å². The molecule has 1 aliphatic rings. The fourth-order valence-electron chi connectivity index (χ4n) is 3.13. The largest absolute Gasteiger partial charge is 0.497 e. The number of aromatic nitrogens is 1. The first kappa shape index (κ1) is 17.7. The summed E-state index contributed by atoms with van der Waals surface area (Å²) in [5, 5.41) is 3.65. The molecule has 1 aromatic carbocycles. The van der Waals surface area contributed by atoms with E-state index in [-0.39, 0.29) is 0 Å². The molecule has 5 heteroatoms. The summed E-state index contributed by atoms with van der Waals surface area (Å²) in [7, 11) is 3.38. The molecule has 0 radical (unpaired) electrons. The fraction of sp³-hybridized carbons (Fsp3) is 0.450. The van der Waals surface area contributed by atoms with Crippen molar-refractivity contribution in [3.8, 4) is 11.6 Å². The van der Waals surface area contributed by atoms with Gasteiger partial charge in [0.2, 0.25) is 5.88 Å². The second-order valence-corrected chi connectivity index (χ2v) is 6.30. The molecule has 1 N–H and O–H groups in total. The molecule has 0 spiro atoms. The maximum Gasteiger partial charge on any atom is 0.213 e. The second-order valence-electron chi connectivity index (χ2n) is 6.30. The number of methoxy groups -OCH3 is 2. The molecule has 0 fully saturated rings. The average molecular weight is 342 g/mol. The van der Waals surface area contributed by atoms with Gasteiger partial charge in [-0.05, 0) is 48.1 Å². The van der Waals surface area contributed by atoms with Crippen LogP contribution in [0.25, 0.3) is 0 Å². The van der Waals surface area contributed by atoms with E-state index in [9.17, 15) is 0 Å². The zero-order chi connectivity index (χ0) is 17.5. The summed E-state index contributed by atoms with van der Waals surface area (Å²) < 4.78 is 15.8. The molecule has 134 valence electrons. The summed E-state index contributed by atoms with van der Waals surface area (Å²) >= 11 is 0. The molecule has 1 atom stereocenters. The van der Waals surface area contributed by atoms with Gasteiger partial charge in [0.05, 0.1) is 13.7 Å². The number of nitrogens with zero attached hydrogens (tertiary/aromatic N) is 1. The number of benzene rings is 1. The van der Waals surface area contributed by atoms with Crippen LogP contribution >= 0.6 is 0 Å². The zero-order valence-electron chi connectivity index (χ0n) is 15.0. The Labute approximate surface area is 149 Å². The van der Waals surface area contributed by atoms with Gasteiger partial charge < -0.3 is 19.5 Å². The van der Waals surface area contributed by atoms with Crippen LogP contribution in [0.15, 0.2) is 36.5 Å². The molecule has 5 nitrogen and oxygen atoms in total. The predicted octanol–water partition coefficient (Wildman–Crippen LogP) is 2.76. The van der Waals surface area contributed by atoms with E-state index >= 15 is 0 Å². The lowest BCUT2D eigenvalue weighted by Crippen LogP contribution is -2.34. The van der Waals surface area contributed by atoms with Gasteiger partial charge in [0.15, 0.2) is 0 Å². The van der Waals surface area contributed by atoms with Crippen molar-refractivity contribution in [2.45, 2.75) is 31.8 Å². The number of ether oxygens (including phenoxy) is 3. The molecule has 0 aliphatic heterocycles. The Morgan fingerprint density at radius 2 is 2.04 bits per heavy atom. The highest BCUT2D eigenvalue weighted by Gasteiger charge is 2.18. The molecular weight excluding hydrogens is 316 g/mol. The molecule has 0 saturated heterocycles. The molecule has 0 bridgehead atoms. The Morgan fingerprint density at radius 1 is 1.12 bits per heavy atom. The van der Waals surface area contributed by atoms with Crippen LogP contribution in [0.2, 0.25) is 0 Å². The highest BCUT2D eigenvalue weighted by Crippen LogP contribution is 2.25. The third-order valence-electron chi connectivity index (χ3n) is 4.57. The smallest absolute Gasteiger partial charge is 0.213 e. The lowest BCUT2D eigenvalue weighted by molar-refractivity contribution is 0.143. The van der Waals surface area contributed by atoms with E-state index in [2.05, 4.69) is 34.6 Å². The Hall–Kier alpha value is -2.11. The first-order valence-corrected chi connectivity index (χ1v) is 8.74. The first-order chi connectivity index (χ1) is 12.3. The molecular formula is C20H26N2O3. The normalized spacial score (nSPS) is 16.3. The quantitative estimate of drug-likeness (QED) is 0.748. The van der Waals surface area contributed by atoms with Gasteiger partial charge in [-0.2, -0.15) is 0 Å². The number of rotatable bonds is 8. The van der Waals surface area contributed by atoms with Gasteiger partial charge in [-0.15, -0.1) is 0 Å². The molecule has 1 aromatic heterocycles. The Morgan fingerprint density at radius 3 is 2.80 bits per heavy atom. The van der Waals surface area contributed by atoms with Gasteiger partial charge in [0.1, 0.15) is 12.4 Å². The standard InChI is InChI=1S/C20H26N2O3/c1-23-9-10-25-20-8-3-15(14-22-20)13-21-18-6-4-16-5-7-19(24-2)12-17(16)11-18/h3,5,7-8,12,14,18,21H,4,6,9-11,13H2,1-2H3/t18-/m1/s1. The molecule has 25 heavy (non-hydrogen) atoms. The highest BCUT2D eigenvalue weighted by molar-refractivity contribution is 5.38. The van der Waals surface area contributed by atoms with Crippen LogP contribution in [-0.2, 0) is 24.1 Å². The molecule has 1 aliphatic carbocycles. The van der Waals surface area contributed by atoms with Crippen LogP contribution < -0.4 is 14.8 Å². The summed E-state index contributed by atoms with van der Waals surface area (Å²) in [5.74, 6) is 1.58. The fourth-order valence-corrected chi connectivity index (χ4v) is 3.13. The second kappa shape index (κ2) is 8.83. The van der Waals surface area contributed by atoms with E-state index in [1.54, 1.807) is 14.2 Å². The minimum absolute atomic E-state index is 0.484. The van der Waals surface area contributed by atoms with E-state index in [1.807, 2.05) is 12.3 Å². The number of hydrogen-bond acceptors (Lipinski definition) is 5. The van der Waals surface area contributed by atoms with E-state index in [0.717, 1.165) is 37.1 Å². The van der Waals surface area contributed by atoms with E-state index < -0.39 is 0 Å². The summed E-state index contributed by atoms with van der Waals surface area (Å²) in [6.45, 7) is 1.90.